The van der Waals surface area contributed by atoms with Gasteiger partial charge in [0.1, 0.15) is 11.0 Å². The molecule has 2 unspecified atom stereocenters. The summed E-state index contributed by atoms with van der Waals surface area (Å²) in [5.74, 6) is 0.291. The van der Waals surface area contributed by atoms with Gasteiger partial charge in [0.25, 0.3) is 0 Å². The Bertz CT molecular complexity index is 776. The van der Waals surface area contributed by atoms with Gasteiger partial charge < -0.3 is 9.64 Å². The minimum Gasteiger partial charge on any atom is -0.470 e. The molecular formula is C16H22N4O4S. The van der Waals surface area contributed by atoms with Gasteiger partial charge in [-0.15, -0.1) is 0 Å². The second kappa shape index (κ2) is 6.22. The van der Waals surface area contributed by atoms with E-state index in [0.717, 1.165) is 25.9 Å². The molecule has 0 aliphatic carbocycles. The molecule has 2 fully saturated rings. The highest BCUT2D eigenvalue weighted by Crippen LogP contribution is 2.30. The first kappa shape index (κ1) is 16.7. The Kier molecular flexibility index (Phi) is 4.17. The largest absolute Gasteiger partial charge is 0.470 e. The van der Waals surface area contributed by atoms with Gasteiger partial charge in [0.15, 0.2) is 0 Å². The third kappa shape index (κ3) is 3.11. The van der Waals surface area contributed by atoms with Crippen LogP contribution < -0.4 is 9.46 Å². The van der Waals surface area contributed by atoms with Crippen molar-refractivity contribution >= 4 is 15.9 Å². The molecule has 0 saturated carbocycles. The maximum Gasteiger partial charge on any atom is 0.246 e. The Hall–Kier alpha value is -1.71. The standard InChI is InChI=1S/C16H22N4O4S/c1-11(21)19-7-4-12(5-8-19)20-9-13-14(10-20)24-16-15(3-2-6-17-16)25(22,23)18-13/h2-3,6,12-14,18H,4-5,7-10H2,1H3. The third-order valence-corrected chi connectivity index (χ3v) is 6.82. The lowest BCUT2D eigenvalue weighted by atomic mass is 10.0. The summed E-state index contributed by atoms with van der Waals surface area (Å²) in [4.78, 5) is 19.8. The zero-order chi connectivity index (χ0) is 17.6. The van der Waals surface area contributed by atoms with E-state index in [1.54, 1.807) is 19.2 Å². The van der Waals surface area contributed by atoms with Crippen LogP contribution in [0, 0.1) is 0 Å². The van der Waals surface area contributed by atoms with Crippen molar-refractivity contribution in [2.24, 2.45) is 0 Å². The number of rotatable bonds is 1. The highest BCUT2D eigenvalue weighted by Gasteiger charge is 2.43. The molecule has 1 N–H and O–H groups in total. The topological polar surface area (TPSA) is 91.8 Å². The van der Waals surface area contributed by atoms with Gasteiger partial charge in [-0.25, -0.2) is 18.1 Å². The van der Waals surface area contributed by atoms with Crippen molar-refractivity contribution in [1.29, 1.82) is 0 Å². The smallest absolute Gasteiger partial charge is 0.246 e. The zero-order valence-corrected chi connectivity index (χ0v) is 14.9. The molecule has 2 atom stereocenters. The highest BCUT2D eigenvalue weighted by atomic mass is 32.2. The van der Waals surface area contributed by atoms with Crippen LogP contribution in [0.25, 0.3) is 0 Å². The number of carbonyl (C=O) groups excluding carboxylic acids is 1. The molecule has 9 heteroatoms. The number of amides is 1. The van der Waals surface area contributed by atoms with Crippen molar-refractivity contribution in [2.45, 2.75) is 42.8 Å². The van der Waals surface area contributed by atoms with E-state index in [1.807, 2.05) is 4.90 Å². The van der Waals surface area contributed by atoms with E-state index in [9.17, 15) is 13.2 Å². The molecule has 1 aromatic rings. The average molecular weight is 366 g/mol. The summed E-state index contributed by atoms with van der Waals surface area (Å²) >= 11 is 0. The van der Waals surface area contributed by atoms with E-state index < -0.39 is 10.0 Å². The van der Waals surface area contributed by atoms with Crippen LogP contribution in [0.2, 0.25) is 0 Å². The molecule has 0 bridgehead atoms. The van der Waals surface area contributed by atoms with Crippen LogP contribution in [-0.2, 0) is 14.8 Å². The molecule has 136 valence electrons. The van der Waals surface area contributed by atoms with Crippen LogP contribution in [0.5, 0.6) is 5.88 Å². The summed E-state index contributed by atoms with van der Waals surface area (Å²) in [6, 6.07) is 3.17. The van der Waals surface area contributed by atoms with Gasteiger partial charge in [-0.2, -0.15) is 0 Å². The Morgan fingerprint density at radius 2 is 2.08 bits per heavy atom. The van der Waals surface area contributed by atoms with Crippen molar-refractivity contribution in [3.05, 3.63) is 18.3 Å². The number of carbonyl (C=O) groups is 1. The van der Waals surface area contributed by atoms with Gasteiger partial charge in [-0.3, -0.25) is 9.69 Å². The number of hydrogen-bond acceptors (Lipinski definition) is 6. The van der Waals surface area contributed by atoms with E-state index in [0.29, 0.717) is 19.1 Å². The Balaban J connectivity index is 1.49. The first-order valence-corrected chi connectivity index (χ1v) is 10.1. The molecular weight excluding hydrogens is 344 g/mol. The summed E-state index contributed by atoms with van der Waals surface area (Å²) < 4.78 is 33.8. The van der Waals surface area contributed by atoms with Crippen molar-refractivity contribution < 1.29 is 17.9 Å². The maximum atomic E-state index is 12.5. The molecule has 1 amide bonds. The zero-order valence-electron chi connectivity index (χ0n) is 14.1. The van der Waals surface area contributed by atoms with Gasteiger partial charge >= 0.3 is 0 Å². The summed E-state index contributed by atoms with van der Waals surface area (Å²) in [5, 5.41) is 0. The summed E-state index contributed by atoms with van der Waals surface area (Å²) in [6.45, 7) is 4.38. The fraction of sp³-hybridized carbons (Fsp3) is 0.625. The van der Waals surface area contributed by atoms with Crippen LogP contribution >= 0.6 is 0 Å². The fourth-order valence-corrected chi connectivity index (χ4v) is 5.30. The number of piperidine rings is 1. The Morgan fingerprint density at radius 3 is 2.80 bits per heavy atom. The number of nitrogens with zero attached hydrogens (tertiary/aromatic N) is 3. The number of nitrogens with one attached hydrogen (secondary N) is 1. The lowest BCUT2D eigenvalue weighted by molar-refractivity contribution is -0.130. The first-order valence-electron chi connectivity index (χ1n) is 8.57. The first-order chi connectivity index (χ1) is 11.9. The van der Waals surface area contributed by atoms with E-state index >= 15 is 0 Å². The SMILES string of the molecule is CC(=O)N1CCC(N2CC3NS(=O)(=O)c4cccnc4OC3C2)CC1. The van der Waals surface area contributed by atoms with Crippen LogP contribution in [0.3, 0.4) is 0 Å². The quantitative estimate of drug-likeness (QED) is 0.741. The summed E-state index contributed by atoms with van der Waals surface area (Å²) in [6.07, 6.45) is 3.09. The van der Waals surface area contributed by atoms with Crippen LogP contribution in [0.15, 0.2) is 23.2 Å². The number of likely N-dealkylation sites (tertiary alicyclic amines) is 2. The highest BCUT2D eigenvalue weighted by molar-refractivity contribution is 7.89. The molecule has 4 rings (SSSR count). The van der Waals surface area contributed by atoms with Gasteiger partial charge in [-0.1, -0.05) is 0 Å². The predicted octanol–water partition coefficient (Wildman–Crippen LogP) is -0.184. The van der Waals surface area contributed by atoms with E-state index in [4.69, 9.17) is 4.74 Å². The van der Waals surface area contributed by atoms with E-state index in [-0.39, 0.29) is 28.8 Å². The van der Waals surface area contributed by atoms with Crippen molar-refractivity contribution in [2.75, 3.05) is 26.2 Å². The Morgan fingerprint density at radius 1 is 1.32 bits per heavy atom. The molecule has 4 heterocycles. The van der Waals surface area contributed by atoms with Gasteiger partial charge in [0.05, 0.1) is 6.04 Å². The molecule has 8 nitrogen and oxygen atoms in total. The number of pyridine rings is 1. The van der Waals surface area contributed by atoms with Gasteiger partial charge in [-0.05, 0) is 25.0 Å². The molecule has 0 radical (unpaired) electrons. The maximum absolute atomic E-state index is 12.5. The Labute approximate surface area is 147 Å². The predicted molar refractivity (Wildman–Crippen MR) is 89.6 cm³/mol. The summed E-state index contributed by atoms with van der Waals surface area (Å²) in [7, 11) is -3.62. The minimum absolute atomic E-state index is 0.103. The van der Waals surface area contributed by atoms with Crippen LogP contribution in [0.4, 0.5) is 0 Å². The lowest BCUT2D eigenvalue weighted by Crippen LogP contribution is -2.46. The number of ether oxygens (including phenoxy) is 1. The van der Waals surface area contributed by atoms with Crippen molar-refractivity contribution in [1.82, 2.24) is 19.5 Å². The van der Waals surface area contributed by atoms with E-state index in [1.165, 1.54) is 6.07 Å². The van der Waals surface area contributed by atoms with Crippen LogP contribution in [-0.4, -0.2) is 73.5 Å². The molecule has 3 aliphatic rings. The van der Waals surface area contributed by atoms with Crippen molar-refractivity contribution in [3.63, 3.8) is 0 Å². The molecule has 2 saturated heterocycles. The number of hydrogen-bond donors (Lipinski definition) is 1. The average Bonchev–Trinajstić information content (AvgIpc) is 2.92. The molecule has 25 heavy (non-hydrogen) atoms. The summed E-state index contributed by atoms with van der Waals surface area (Å²) in [5.41, 5.74) is 0. The normalized spacial score (nSPS) is 29.4. The second-order valence-corrected chi connectivity index (χ2v) is 8.56. The number of sulfonamides is 1. The van der Waals surface area contributed by atoms with Crippen molar-refractivity contribution in [3.8, 4) is 5.88 Å². The van der Waals surface area contributed by atoms with Gasteiger partial charge in [0.2, 0.25) is 21.8 Å². The molecule has 0 spiro atoms. The fourth-order valence-electron chi connectivity index (χ4n) is 3.95. The monoisotopic (exact) mass is 366 g/mol. The second-order valence-electron chi connectivity index (χ2n) is 6.88. The number of fused-ring (bicyclic) bond motifs is 2. The molecule has 1 aromatic heterocycles. The molecule has 3 aliphatic heterocycles. The van der Waals surface area contributed by atoms with Gasteiger partial charge in [0, 0.05) is 45.3 Å². The third-order valence-electron chi connectivity index (χ3n) is 5.32. The van der Waals surface area contributed by atoms with E-state index in [2.05, 4.69) is 14.6 Å². The molecule has 0 aromatic carbocycles. The van der Waals surface area contributed by atoms with Crippen LogP contribution in [0.1, 0.15) is 19.8 Å². The lowest BCUT2D eigenvalue weighted by Gasteiger charge is -2.36. The minimum atomic E-state index is -3.62. The number of aromatic nitrogens is 1.